The van der Waals surface area contributed by atoms with Crippen LogP contribution in [-0.4, -0.2) is 66.3 Å². The molecule has 31 heavy (non-hydrogen) atoms. The van der Waals surface area contributed by atoms with Gasteiger partial charge in [-0.25, -0.2) is 13.2 Å². The minimum Gasteiger partial charge on any atom is -0.497 e. The molecular formula is C21H26N2O7S. The van der Waals surface area contributed by atoms with Gasteiger partial charge in [-0.2, -0.15) is 4.31 Å². The molecule has 0 saturated carbocycles. The van der Waals surface area contributed by atoms with Crippen molar-refractivity contribution in [2.75, 3.05) is 52.9 Å². The fourth-order valence-corrected chi connectivity index (χ4v) is 4.70. The molecule has 0 atom stereocenters. The van der Waals surface area contributed by atoms with Gasteiger partial charge in [-0.3, -0.25) is 0 Å². The minimum atomic E-state index is -3.75. The largest absolute Gasteiger partial charge is 0.497 e. The van der Waals surface area contributed by atoms with Crippen LogP contribution < -0.4 is 14.8 Å². The molecule has 168 valence electrons. The van der Waals surface area contributed by atoms with Crippen molar-refractivity contribution in [1.29, 1.82) is 0 Å². The van der Waals surface area contributed by atoms with Crippen LogP contribution >= 0.6 is 0 Å². The number of carbonyl (C=O) groups excluding carboxylic acids is 1. The summed E-state index contributed by atoms with van der Waals surface area (Å²) in [6.45, 7) is 1.53. The summed E-state index contributed by atoms with van der Waals surface area (Å²) in [5.74, 6) is 0.677. The fourth-order valence-electron chi connectivity index (χ4n) is 3.26. The highest BCUT2D eigenvalue weighted by atomic mass is 32.2. The lowest BCUT2D eigenvalue weighted by atomic mass is 10.1. The Hall–Kier alpha value is -2.82. The molecule has 2 aromatic carbocycles. The quantitative estimate of drug-likeness (QED) is 0.610. The number of hydrogen-bond acceptors (Lipinski definition) is 8. The maximum Gasteiger partial charge on any atom is 0.340 e. The lowest BCUT2D eigenvalue weighted by Crippen LogP contribution is -2.40. The third-order valence-electron chi connectivity index (χ3n) is 4.96. The molecule has 0 aromatic heterocycles. The lowest BCUT2D eigenvalue weighted by Gasteiger charge is -2.26. The Morgan fingerprint density at radius 3 is 2.45 bits per heavy atom. The van der Waals surface area contributed by atoms with Crippen LogP contribution in [0.2, 0.25) is 0 Å². The van der Waals surface area contributed by atoms with Crippen LogP contribution in [0.3, 0.4) is 0 Å². The lowest BCUT2D eigenvalue weighted by molar-refractivity contribution is 0.0601. The van der Waals surface area contributed by atoms with Gasteiger partial charge in [0.25, 0.3) is 0 Å². The van der Waals surface area contributed by atoms with Gasteiger partial charge >= 0.3 is 5.97 Å². The number of morpholine rings is 1. The monoisotopic (exact) mass is 450 g/mol. The van der Waals surface area contributed by atoms with Crippen LogP contribution in [-0.2, 0) is 26.0 Å². The van der Waals surface area contributed by atoms with Crippen LogP contribution in [0.5, 0.6) is 11.5 Å². The first-order valence-corrected chi connectivity index (χ1v) is 11.1. The van der Waals surface area contributed by atoms with E-state index in [1.807, 2.05) is 6.07 Å². The molecule has 0 unspecified atom stereocenters. The maximum atomic E-state index is 13.0. The van der Waals surface area contributed by atoms with E-state index in [4.69, 9.17) is 18.9 Å². The fraction of sp³-hybridized carbons (Fsp3) is 0.381. The number of carbonyl (C=O) groups is 1. The molecule has 1 heterocycles. The van der Waals surface area contributed by atoms with Gasteiger partial charge in [0.2, 0.25) is 10.0 Å². The Labute approximate surface area is 181 Å². The van der Waals surface area contributed by atoms with E-state index in [1.165, 1.54) is 23.5 Å². The molecule has 1 saturated heterocycles. The summed E-state index contributed by atoms with van der Waals surface area (Å²) in [5, 5.41) is 3.16. The van der Waals surface area contributed by atoms with Gasteiger partial charge < -0.3 is 24.3 Å². The number of ether oxygens (including phenoxy) is 4. The number of rotatable bonds is 8. The second kappa shape index (κ2) is 9.99. The molecule has 1 aliphatic rings. The number of anilines is 1. The van der Waals surface area contributed by atoms with Crippen LogP contribution in [0, 0.1) is 0 Å². The van der Waals surface area contributed by atoms with Crippen LogP contribution in [0.4, 0.5) is 5.69 Å². The highest BCUT2D eigenvalue weighted by Crippen LogP contribution is 2.28. The predicted molar refractivity (Wildman–Crippen MR) is 114 cm³/mol. The first kappa shape index (κ1) is 22.9. The Bertz CT molecular complexity index is 1030. The number of methoxy groups -OCH3 is 3. The Kier molecular flexibility index (Phi) is 7.37. The van der Waals surface area contributed by atoms with Crippen molar-refractivity contribution in [2.45, 2.75) is 11.4 Å². The molecule has 0 amide bonds. The average molecular weight is 451 g/mol. The van der Waals surface area contributed by atoms with E-state index in [2.05, 4.69) is 5.32 Å². The van der Waals surface area contributed by atoms with E-state index in [0.717, 1.165) is 5.56 Å². The molecule has 9 nitrogen and oxygen atoms in total. The second-order valence-electron chi connectivity index (χ2n) is 6.75. The van der Waals surface area contributed by atoms with Crippen LogP contribution in [0.25, 0.3) is 0 Å². The topological polar surface area (TPSA) is 103 Å². The van der Waals surface area contributed by atoms with E-state index >= 15 is 0 Å². The Morgan fingerprint density at radius 2 is 1.81 bits per heavy atom. The molecular weight excluding hydrogens is 424 g/mol. The zero-order chi connectivity index (χ0) is 22.4. The van der Waals surface area contributed by atoms with E-state index in [1.54, 1.807) is 32.4 Å². The summed E-state index contributed by atoms with van der Waals surface area (Å²) in [7, 11) is 0.639. The molecule has 1 fully saturated rings. The average Bonchev–Trinajstić information content (AvgIpc) is 2.82. The molecule has 0 aliphatic carbocycles. The van der Waals surface area contributed by atoms with Crippen molar-refractivity contribution in [1.82, 2.24) is 4.31 Å². The molecule has 0 bridgehead atoms. The SMILES string of the molecule is COC(=O)c1cc(S(=O)(=O)N2CCOCC2)ccc1NCc1cc(OC)ccc1OC. The van der Waals surface area contributed by atoms with Crippen LogP contribution in [0.15, 0.2) is 41.3 Å². The Morgan fingerprint density at radius 1 is 1.06 bits per heavy atom. The summed E-state index contributed by atoms with van der Waals surface area (Å²) in [6.07, 6.45) is 0. The van der Waals surface area contributed by atoms with Gasteiger partial charge in [0, 0.05) is 30.9 Å². The van der Waals surface area contributed by atoms with Gasteiger partial charge in [-0.1, -0.05) is 0 Å². The second-order valence-corrected chi connectivity index (χ2v) is 8.68. The first-order valence-electron chi connectivity index (χ1n) is 9.65. The van der Waals surface area contributed by atoms with E-state index < -0.39 is 16.0 Å². The number of hydrogen-bond donors (Lipinski definition) is 1. The summed E-state index contributed by atoms with van der Waals surface area (Å²) < 4.78 is 48.0. The molecule has 1 N–H and O–H groups in total. The van der Waals surface area contributed by atoms with Crippen molar-refractivity contribution < 1.29 is 32.2 Å². The molecule has 2 aromatic rings. The predicted octanol–water partition coefficient (Wildman–Crippen LogP) is 2.12. The minimum absolute atomic E-state index is 0.0271. The van der Waals surface area contributed by atoms with Crippen molar-refractivity contribution >= 4 is 21.7 Å². The third kappa shape index (κ3) is 5.09. The van der Waals surface area contributed by atoms with E-state index in [-0.39, 0.29) is 23.5 Å². The smallest absolute Gasteiger partial charge is 0.340 e. The molecule has 1 aliphatic heterocycles. The van der Waals surface area contributed by atoms with Crippen molar-refractivity contribution in [3.05, 3.63) is 47.5 Å². The van der Waals surface area contributed by atoms with Crippen molar-refractivity contribution in [3.63, 3.8) is 0 Å². The van der Waals surface area contributed by atoms with Gasteiger partial charge in [-0.05, 0) is 36.4 Å². The number of esters is 1. The van der Waals surface area contributed by atoms with Gasteiger partial charge in [0.05, 0.1) is 45.0 Å². The third-order valence-corrected chi connectivity index (χ3v) is 6.86. The molecule has 10 heteroatoms. The highest BCUT2D eigenvalue weighted by molar-refractivity contribution is 7.89. The maximum absolute atomic E-state index is 13.0. The molecule has 0 spiro atoms. The zero-order valence-electron chi connectivity index (χ0n) is 17.7. The number of benzene rings is 2. The highest BCUT2D eigenvalue weighted by Gasteiger charge is 2.28. The molecule has 3 rings (SSSR count). The normalized spacial score (nSPS) is 14.7. The first-order chi connectivity index (χ1) is 14.9. The van der Waals surface area contributed by atoms with Crippen molar-refractivity contribution in [2.24, 2.45) is 0 Å². The molecule has 0 radical (unpaired) electrons. The standard InChI is InChI=1S/C21H26N2O7S/c1-27-16-4-7-20(28-2)15(12-16)14-22-19-6-5-17(13-18(19)21(24)29-3)31(25,26)23-8-10-30-11-9-23/h4-7,12-13,22H,8-11,14H2,1-3H3. The van der Waals surface area contributed by atoms with Gasteiger partial charge in [-0.15, -0.1) is 0 Å². The zero-order valence-corrected chi connectivity index (χ0v) is 18.5. The number of nitrogens with one attached hydrogen (secondary N) is 1. The number of nitrogens with zero attached hydrogens (tertiary/aromatic N) is 1. The van der Waals surface area contributed by atoms with Gasteiger partial charge in [0.1, 0.15) is 11.5 Å². The summed E-state index contributed by atoms with van der Waals surface area (Å²) in [5.41, 5.74) is 1.37. The van der Waals surface area contributed by atoms with Gasteiger partial charge in [0.15, 0.2) is 0 Å². The Balaban J connectivity index is 1.90. The summed E-state index contributed by atoms with van der Waals surface area (Å²) >= 11 is 0. The number of sulfonamides is 1. The van der Waals surface area contributed by atoms with E-state index in [0.29, 0.717) is 36.9 Å². The summed E-state index contributed by atoms with van der Waals surface area (Å²) in [4.78, 5) is 12.4. The van der Waals surface area contributed by atoms with Crippen molar-refractivity contribution in [3.8, 4) is 11.5 Å². The van der Waals surface area contributed by atoms with E-state index in [9.17, 15) is 13.2 Å². The van der Waals surface area contributed by atoms with Crippen LogP contribution in [0.1, 0.15) is 15.9 Å². The summed E-state index contributed by atoms with van der Waals surface area (Å²) in [6, 6.07) is 9.76.